The van der Waals surface area contributed by atoms with E-state index in [9.17, 15) is 9.59 Å². The van der Waals surface area contributed by atoms with Gasteiger partial charge in [-0.05, 0) is 51.4 Å². The van der Waals surface area contributed by atoms with Crippen LogP contribution < -0.4 is 0 Å². The van der Waals surface area contributed by atoms with E-state index < -0.39 is 5.92 Å². The number of esters is 1. The second kappa shape index (κ2) is 10.5. The number of rotatable bonds is 6. The van der Waals surface area contributed by atoms with Gasteiger partial charge in [0.2, 0.25) is 5.91 Å². The molecule has 3 aliphatic carbocycles. The first-order valence-electron chi connectivity index (χ1n) is 11.7. The molecule has 0 aliphatic heterocycles. The fraction of sp³-hybridized carbons (Fsp3) is 0.913. The van der Waals surface area contributed by atoms with Crippen LogP contribution in [0.5, 0.6) is 0 Å². The van der Waals surface area contributed by atoms with Crippen LogP contribution >= 0.6 is 0 Å². The van der Waals surface area contributed by atoms with Crippen LogP contribution in [-0.2, 0) is 14.3 Å². The molecule has 1 unspecified atom stereocenters. The maximum atomic E-state index is 13.9. The molecule has 3 fully saturated rings. The Labute approximate surface area is 165 Å². The Hall–Kier alpha value is -1.06. The summed E-state index contributed by atoms with van der Waals surface area (Å²) >= 11 is 0. The number of amides is 1. The molecule has 4 heteroatoms. The van der Waals surface area contributed by atoms with Crippen LogP contribution in [0.15, 0.2) is 0 Å². The highest BCUT2D eigenvalue weighted by Gasteiger charge is 2.43. The van der Waals surface area contributed by atoms with Crippen molar-refractivity contribution in [3.8, 4) is 0 Å². The molecule has 1 atom stereocenters. The molecule has 3 aliphatic rings. The van der Waals surface area contributed by atoms with Crippen molar-refractivity contribution in [1.82, 2.24) is 4.90 Å². The van der Waals surface area contributed by atoms with Crippen LogP contribution in [0.3, 0.4) is 0 Å². The van der Waals surface area contributed by atoms with Gasteiger partial charge in [-0.15, -0.1) is 0 Å². The number of ether oxygens (including phenoxy) is 1. The first-order chi connectivity index (χ1) is 13.2. The lowest BCUT2D eigenvalue weighted by Gasteiger charge is -2.44. The van der Waals surface area contributed by atoms with Crippen molar-refractivity contribution in [2.45, 2.75) is 115 Å². The second-order valence-electron chi connectivity index (χ2n) is 8.96. The number of hydrogen-bond acceptors (Lipinski definition) is 3. The van der Waals surface area contributed by atoms with Gasteiger partial charge in [-0.2, -0.15) is 0 Å². The molecule has 0 bridgehead atoms. The molecule has 1 amide bonds. The molecule has 0 heterocycles. The Kier molecular flexibility index (Phi) is 8.02. The van der Waals surface area contributed by atoms with E-state index in [1.807, 2.05) is 6.92 Å². The number of carbonyl (C=O) groups is 2. The Morgan fingerprint density at radius 2 is 1.22 bits per heavy atom. The van der Waals surface area contributed by atoms with Crippen molar-refractivity contribution in [2.24, 2.45) is 11.8 Å². The maximum Gasteiger partial charge on any atom is 0.318 e. The Bertz CT molecular complexity index is 456. The minimum absolute atomic E-state index is 0.110. The first kappa shape index (κ1) is 20.7. The third-order valence-electron chi connectivity index (χ3n) is 7.12. The SMILES string of the molecule is CCOC(=O)C(C(=O)N(C1CCCCC1)C1CCCCC1)C1CCCCC1. The van der Waals surface area contributed by atoms with Crippen LogP contribution in [0.2, 0.25) is 0 Å². The lowest BCUT2D eigenvalue weighted by molar-refractivity contribution is -0.161. The molecule has 0 spiro atoms. The van der Waals surface area contributed by atoms with Crippen LogP contribution in [0.4, 0.5) is 0 Å². The molecular formula is C23H39NO3. The molecule has 4 nitrogen and oxygen atoms in total. The zero-order valence-electron chi connectivity index (χ0n) is 17.3. The number of carbonyl (C=O) groups excluding carboxylic acids is 2. The predicted octanol–water partition coefficient (Wildman–Crippen LogP) is 5.24. The van der Waals surface area contributed by atoms with Crippen molar-refractivity contribution in [3.63, 3.8) is 0 Å². The summed E-state index contributed by atoms with van der Waals surface area (Å²) in [7, 11) is 0. The maximum absolute atomic E-state index is 13.9. The van der Waals surface area contributed by atoms with Gasteiger partial charge in [-0.3, -0.25) is 9.59 Å². The van der Waals surface area contributed by atoms with E-state index in [0.29, 0.717) is 18.7 Å². The van der Waals surface area contributed by atoms with Crippen LogP contribution in [0, 0.1) is 11.8 Å². The van der Waals surface area contributed by atoms with Crippen molar-refractivity contribution in [1.29, 1.82) is 0 Å². The monoisotopic (exact) mass is 377 g/mol. The van der Waals surface area contributed by atoms with Crippen molar-refractivity contribution in [3.05, 3.63) is 0 Å². The van der Waals surface area contributed by atoms with Crippen molar-refractivity contribution >= 4 is 11.9 Å². The molecule has 0 aromatic carbocycles. The summed E-state index contributed by atoms with van der Waals surface area (Å²) in [5.74, 6) is -0.528. The number of hydrogen-bond donors (Lipinski definition) is 0. The molecule has 0 aromatic heterocycles. The van der Waals surface area contributed by atoms with Crippen molar-refractivity contribution < 1.29 is 14.3 Å². The third-order valence-corrected chi connectivity index (χ3v) is 7.12. The summed E-state index contributed by atoms with van der Waals surface area (Å²) in [5, 5.41) is 0. The second-order valence-corrected chi connectivity index (χ2v) is 8.96. The average molecular weight is 378 g/mol. The largest absolute Gasteiger partial charge is 0.465 e. The highest BCUT2D eigenvalue weighted by atomic mass is 16.5. The Morgan fingerprint density at radius 1 is 0.778 bits per heavy atom. The molecule has 0 aromatic rings. The normalized spacial score (nSPS) is 24.3. The van der Waals surface area contributed by atoms with Crippen molar-refractivity contribution in [2.75, 3.05) is 6.61 Å². The first-order valence-corrected chi connectivity index (χ1v) is 11.7. The molecule has 3 saturated carbocycles. The molecule has 0 radical (unpaired) electrons. The fourth-order valence-corrected chi connectivity index (χ4v) is 5.73. The van der Waals surface area contributed by atoms with E-state index in [1.165, 1.54) is 44.9 Å². The smallest absolute Gasteiger partial charge is 0.318 e. The minimum atomic E-state index is -0.561. The Morgan fingerprint density at radius 3 is 1.67 bits per heavy atom. The van der Waals surface area contributed by atoms with Crippen LogP contribution in [-0.4, -0.2) is 35.5 Å². The molecule has 0 N–H and O–H groups in total. The van der Waals surface area contributed by atoms with Gasteiger partial charge in [0.05, 0.1) is 6.61 Å². The summed E-state index contributed by atoms with van der Waals surface area (Å²) in [5.41, 5.74) is 0. The van der Waals surface area contributed by atoms with Gasteiger partial charge in [-0.1, -0.05) is 57.8 Å². The number of nitrogens with zero attached hydrogens (tertiary/aromatic N) is 1. The minimum Gasteiger partial charge on any atom is -0.465 e. The van der Waals surface area contributed by atoms with E-state index >= 15 is 0 Å². The summed E-state index contributed by atoms with van der Waals surface area (Å²) in [6, 6.07) is 0.685. The van der Waals surface area contributed by atoms with Gasteiger partial charge in [-0.25, -0.2) is 0 Å². The highest BCUT2D eigenvalue weighted by Crippen LogP contribution is 2.36. The van der Waals surface area contributed by atoms with E-state index in [2.05, 4.69) is 4.90 Å². The highest BCUT2D eigenvalue weighted by molar-refractivity contribution is 5.98. The van der Waals surface area contributed by atoms with E-state index in [0.717, 1.165) is 51.4 Å². The molecule has 154 valence electrons. The van der Waals surface area contributed by atoms with Gasteiger partial charge in [0.25, 0.3) is 0 Å². The summed E-state index contributed by atoms with van der Waals surface area (Å²) in [4.78, 5) is 29.0. The summed E-state index contributed by atoms with van der Waals surface area (Å²) in [6.07, 6.45) is 17.4. The van der Waals surface area contributed by atoms with Gasteiger partial charge >= 0.3 is 5.97 Å². The standard InChI is InChI=1S/C23H39NO3/c1-2-27-23(26)21(18-12-6-3-7-13-18)22(25)24(19-14-8-4-9-15-19)20-16-10-5-11-17-20/h18-21H,2-17H2,1H3. The lowest BCUT2D eigenvalue weighted by Crippen LogP contribution is -2.53. The zero-order valence-corrected chi connectivity index (χ0v) is 17.3. The summed E-state index contributed by atoms with van der Waals surface area (Å²) < 4.78 is 5.42. The van der Waals surface area contributed by atoms with Crippen LogP contribution in [0.1, 0.15) is 103 Å². The van der Waals surface area contributed by atoms with Crippen LogP contribution in [0.25, 0.3) is 0 Å². The predicted molar refractivity (Wildman–Crippen MR) is 107 cm³/mol. The average Bonchev–Trinajstić information content (AvgIpc) is 2.71. The molecule has 0 saturated heterocycles. The third kappa shape index (κ3) is 5.26. The van der Waals surface area contributed by atoms with E-state index in [1.54, 1.807) is 0 Å². The summed E-state index contributed by atoms with van der Waals surface area (Å²) in [6.45, 7) is 2.21. The van der Waals surface area contributed by atoms with Gasteiger partial charge in [0, 0.05) is 12.1 Å². The van der Waals surface area contributed by atoms with Gasteiger partial charge in [0.1, 0.15) is 5.92 Å². The Balaban J connectivity index is 1.83. The van der Waals surface area contributed by atoms with Gasteiger partial charge in [0.15, 0.2) is 0 Å². The molecular weight excluding hydrogens is 338 g/mol. The fourth-order valence-electron chi connectivity index (χ4n) is 5.73. The zero-order chi connectivity index (χ0) is 19.1. The van der Waals surface area contributed by atoms with E-state index in [4.69, 9.17) is 4.74 Å². The topological polar surface area (TPSA) is 46.6 Å². The van der Waals surface area contributed by atoms with E-state index in [-0.39, 0.29) is 17.8 Å². The quantitative estimate of drug-likeness (QED) is 0.470. The lowest BCUT2D eigenvalue weighted by atomic mass is 9.78. The molecule has 3 rings (SSSR count). The van der Waals surface area contributed by atoms with Gasteiger partial charge < -0.3 is 9.64 Å². The molecule has 27 heavy (non-hydrogen) atoms.